The first-order valence-electron chi connectivity index (χ1n) is 3.47. The van der Waals surface area contributed by atoms with Crippen LogP contribution in [-0.4, -0.2) is 15.4 Å². The highest BCUT2D eigenvalue weighted by Gasteiger charge is 2.02. The van der Waals surface area contributed by atoms with Crippen LogP contribution in [-0.2, 0) is 13.5 Å². The Labute approximate surface area is 76.1 Å². The van der Waals surface area contributed by atoms with E-state index in [1.807, 2.05) is 11.6 Å². The minimum atomic E-state index is 0.671. The van der Waals surface area contributed by atoms with Crippen LogP contribution in [0.15, 0.2) is 6.20 Å². The second-order valence-corrected chi connectivity index (χ2v) is 3.11. The van der Waals surface area contributed by atoms with Crippen LogP contribution in [0.3, 0.4) is 0 Å². The van der Waals surface area contributed by atoms with Crippen LogP contribution >= 0.6 is 23.2 Å². The topological polar surface area (TPSA) is 17.8 Å². The second kappa shape index (κ2) is 3.98. The third-order valence-corrected chi connectivity index (χ3v) is 2.18. The standard InChI is InChI=1S/C7H10Cl2N2/c1-11-6(9)5-10-7(11)3-2-4-8/h5H,2-4H2,1H3. The largest absolute Gasteiger partial charge is 0.322 e. The molecular formula is C7H10Cl2N2. The first kappa shape index (κ1) is 8.88. The molecule has 0 spiro atoms. The Hall–Kier alpha value is -0.210. The molecule has 2 nitrogen and oxygen atoms in total. The molecule has 62 valence electrons. The summed E-state index contributed by atoms with van der Waals surface area (Å²) in [5, 5.41) is 0.676. The van der Waals surface area contributed by atoms with Gasteiger partial charge in [-0.25, -0.2) is 4.98 Å². The van der Waals surface area contributed by atoms with Crippen molar-refractivity contribution in [3.05, 3.63) is 17.2 Å². The van der Waals surface area contributed by atoms with Gasteiger partial charge in [-0.2, -0.15) is 0 Å². The molecule has 0 saturated carbocycles. The van der Waals surface area contributed by atoms with Gasteiger partial charge in [0.15, 0.2) is 0 Å². The molecule has 0 aromatic carbocycles. The maximum atomic E-state index is 5.78. The Morgan fingerprint density at radius 3 is 2.82 bits per heavy atom. The molecule has 1 aromatic rings. The molecule has 0 N–H and O–H groups in total. The third-order valence-electron chi connectivity index (χ3n) is 1.56. The van der Waals surface area contributed by atoms with E-state index in [9.17, 15) is 0 Å². The van der Waals surface area contributed by atoms with Crippen LogP contribution in [0.5, 0.6) is 0 Å². The number of nitrogens with zero attached hydrogens (tertiary/aromatic N) is 2. The number of aromatic nitrogens is 2. The van der Waals surface area contributed by atoms with Gasteiger partial charge < -0.3 is 4.57 Å². The summed E-state index contributed by atoms with van der Waals surface area (Å²) in [6.45, 7) is 0. The zero-order chi connectivity index (χ0) is 8.27. The van der Waals surface area contributed by atoms with Gasteiger partial charge >= 0.3 is 0 Å². The highest BCUT2D eigenvalue weighted by molar-refractivity contribution is 6.29. The Balaban J connectivity index is 2.63. The monoisotopic (exact) mass is 192 g/mol. The van der Waals surface area contributed by atoms with Crippen LogP contribution in [0.2, 0.25) is 5.15 Å². The Bertz CT molecular complexity index is 232. The maximum absolute atomic E-state index is 5.78. The molecule has 1 rings (SSSR count). The Morgan fingerprint density at radius 1 is 1.64 bits per heavy atom. The van der Waals surface area contributed by atoms with Crippen molar-refractivity contribution in [1.82, 2.24) is 9.55 Å². The summed E-state index contributed by atoms with van der Waals surface area (Å²) < 4.78 is 1.87. The lowest BCUT2D eigenvalue weighted by Crippen LogP contribution is -1.98. The molecule has 0 aliphatic carbocycles. The van der Waals surface area contributed by atoms with Gasteiger partial charge in [-0.1, -0.05) is 11.6 Å². The zero-order valence-corrected chi connectivity index (χ0v) is 7.86. The minimum Gasteiger partial charge on any atom is -0.322 e. The molecule has 4 heteroatoms. The van der Waals surface area contributed by atoms with E-state index in [1.54, 1.807) is 6.20 Å². The van der Waals surface area contributed by atoms with Gasteiger partial charge in [-0.05, 0) is 6.42 Å². The van der Waals surface area contributed by atoms with Gasteiger partial charge in [0.25, 0.3) is 0 Å². The summed E-state index contributed by atoms with van der Waals surface area (Å²) in [4.78, 5) is 4.13. The van der Waals surface area contributed by atoms with Gasteiger partial charge in [0, 0.05) is 19.3 Å². The summed E-state index contributed by atoms with van der Waals surface area (Å²) in [5.41, 5.74) is 0. The van der Waals surface area contributed by atoms with Crippen molar-refractivity contribution in [2.45, 2.75) is 12.8 Å². The lowest BCUT2D eigenvalue weighted by Gasteiger charge is -1.99. The van der Waals surface area contributed by atoms with E-state index in [0.717, 1.165) is 18.7 Å². The fourth-order valence-electron chi connectivity index (χ4n) is 0.881. The van der Waals surface area contributed by atoms with Crippen molar-refractivity contribution >= 4 is 23.2 Å². The van der Waals surface area contributed by atoms with E-state index in [0.29, 0.717) is 11.0 Å². The minimum absolute atomic E-state index is 0.671. The molecule has 11 heavy (non-hydrogen) atoms. The number of hydrogen-bond acceptors (Lipinski definition) is 1. The fourth-order valence-corrected chi connectivity index (χ4v) is 1.16. The van der Waals surface area contributed by atoms with E-state index >= 15 is 0 Å². The highest BCUT2D eigenvalue weighted by atomic mass is 35.5. The van der Waals surface area contributed by atoms with Crippen molar-refractivity contribution in [2.24, 2.45) is 7.05 Å². The quantitative estimate of drug-likeness (QED) is 0.673. The van der Waals surface area contributed by atoms with E-state index in [1.165, 1.54) is 0 Å². The summed E-state index contributed by atoms with van der Waals surface area (Å²) >= 11 is 11.3. The number of alkyl halides is 1. The number of rotatable bonds is 3. The zero-order valence-electron chi connectivity index (χ0n) is 6.35. The van der Waals surface area contributed by atoms with Crippen LogP contribution in [0.4, 0.5) is 0 Å². The number of halogens is 2. The van der Waals surface area contributed by atoms with Gasteiger partial charge in [0.1, 0.15) is 11.0 Å². The molecule has 0 bridgehead atoms. The van der Waals surface area contributed by atoms with Gasteiger partial charge in [-0.15, -0.1) is 11.6 Å². The SMILES string of the molecule is Cn1c(Cl)cnc1CCCCl. The number of aryl methyl sites for hydroxylation is 1. The number of hydrogen-bond donors (Lipinski definition) is 0. The summed E-state index contributed by atoms with van der Waals surface area (Å²) in [6, 6.07) is 0. The van der Waals surface area contributed by atoms with Crippen molar-refractivity contribution in [3.8, 4) is 0 Å². The summed E-state index contributed by atoms with van der Waals surface area (Å²) in [7, 11) is 1.90. The maximum Gasteiger partial charge on any atom is 0.128 e. The molecule has 1 aromatic heterocycles. The lowest BCUT2D eigenvalue weighted by molar-refractivity contribution is 0.762. The van der Waals surface area contributed by atoms with E-state index in [4.69, 9.17) is 23.2 Å². The van der Waals surface area contributed by atoms with Crippen LogP contribution in [0, 0.1) is 0 Å². The molecule has 0 fully saturated rings. The Morgan fingerprint density at radius 2 is 2.36 bits per heavy atom. The van der Waals surface area contributed by atoms with Crippen LogP contribution < -0.4 is 0 Å². The van der Waals surface area contributed by atoms with E-state index in [-0.39, 0.29) is 0 Å². The average molecular weight is 193 g/mol. The van der Waals surface area contributed by atoms with Crippen LogP contribution in [0.25, 0.3) is 0 Å². The molecular weight excluding hydrogens is 183 g/mol. The smallest absolute Gasteiger partial charge is 0.128 e. The molecule has 0 aliphatic heterocycles. The molecule has 0 amide bonds. The fraction of sp³-hybridized carbons (Fsp3) is 0.571. The predicted molar refractivity (Wildman–Crippen MR) is 47.3 cm³/mol. The molecule has 0 radical (unpaired) electrons. The van der Waals surface area contributed by atoms with E-state index < -0.39 is 0 Å². The third kappa shape index (κ3) is 2.11. The van der Waals surface area contributed by atoms with Crippen molar-refractivity contribution in [2.75, 3.05) is 5.88 Å². The predicted octanol–water partition coefficient (Wildman–Crippen LogP) is 2.24. The summed E-state index contributed by atoms with van der Waals surface area (Å²) in [5.74, 6) is 1.67. The van der Waals surface area contributed by atoms with Gasteiger partial charge in [0.2, 0.25) is 0 Å². The molecule has 1 heterocycles. The second-order valence-electron chi connectivity index (χ2n) is 2.35. The molecule has 0 atom stereocenters. The normalized spacial score (nSPS) is 10.5. The summed E-state index contributed by atoms with van der Waals surface area (Å²) in [6.07, 6.45) is 3.50. The van der Waals surface area contributed by atoms with Crippen LogP contribution in [0.1, 0.15) is 12.2 Å². The highest BCUT2D eigenvalue weighted by Crippen LogP contribution is 2.10. The molecule has 0 aliphatic rings. The first-order valence-corrected chi connectivity index (χ1v) is 4.39. The van der Waals surface area contributed by atoms with Crippen molar-refractivity contribution < 1.29 is 0 Å². The molecule has 0 unspecified atom stereocenters. The molecule has 0 saturated heterocycles. The lowest BCUT2D eigenvalue weighted by atomic mass is 10.3. The Kier molecular flexibility index (Phi) is 3.21. The van der Waals surface area contributed by atoms with Crippen molar-refractivity contribution in [1.29, 1.82) is 0 Å². The van der Waals surface area contributed by atoms with Crippen molar-refractivity contribution in [3.63, 3.8) is 0 Å². The number of imidazole rings is 1. The van der Waals surface area contributed by atoms with Gasteiger partial charge in [-0.3, -0.25) is 0 Å². The van der Waals surface area contributed by atoms with E-state index in [2.05, 4.69) is 4.98 Å². The van der Waals surface area contributed by atoms with Gasteiger partial charge in [0.05, 0.1) is 6.20 Å². The first-order chi connectivity index (χ1) is 5.25. The average Bonchev–Trinajstić information content (AvgIpc) is 2.31.